The molecule has 0 spiro atoms. The van der Waals surface area contributed by atoms with E-state index in [2.05, 4.69) is 34.1 Å². The first-order valence-corrected chi connectivity index (χ1v) is 9.26. The first-order valence-electron chi connectivity index (χ1n) is 9.26. The van der Waals surface area contributed by atoms with Crippen LogP contribution in [0.15, 0.2) is 85.1 Å². The summed E-state index contributed by atoms with van der Waals surface area (Å²) in [5, 5.41) is 0. The molecular formula is C23H22N2O2. The minimum atomic E-state index is -0.328. The number of carbonyl (C=O) groups is 1. The highest BCUT2D eigenvalue weighted by molar-refractivity contribution is 5.81. The predicted octanol–water partition coefficient (Wildman–Crippen LogP) is 4.16. The molecule has 4 nitrogen and oxygen atoms in total. The zero-order valence-electron chi connectivity index (χ0n) is 15.2. The van der Waals surface area contributed by atoms with Crippen molar-refractivity contribution in [1.82, 2.24) is 9.88 Å². The lowest BCUT2D eigenvalue weighted by molar-refractivity contribution is -0.143. The number of ether oxygens (including phenoxy) is 1. The SMILES string of the molecule is CCOC(=O)[C@@H]1[C@@H](c2ccccn2)N1C(c1ccccc1)c1ccccc1. The van der Waals surface area contributed by atoms with E-state index in [0.717, 1.165) is 16.8 Å². The van der Waals surface area contributed by atoms with Crippen molar-refractivity contribution >= 4 is 5.97 Å². The molecule has 2 heterocycles. The molecule has 1 saturated heterocycles. The smallest absolute Gasteiger partial charge is 0.325 e. The van der Waals surface area contributed by atoms with Gasteiger partial charge in [0.15, 0.2) is 0 Å². The first kappa shape index (κ1) is 17.4. The fourth-order valence-electron chi connectivity index (χ4n) is 3.72. The molecule has 1 unspecified atom stereocenters. The highest BCUT2D eigenvalue weighted by atomic mass is 16.5. The Labute approximate surface area is 159 Å². The van der Waals surface area contributed by atoms with Crippen molar-refractivity contribution in [3.05, 3.63) is 102 Å². The monoisotopic (exact) mass is 358 g/mol. The number of esters is 1. The van der Waals surface area contributed by atoms with Crippen molar-refractivity contribution in [3.63, 3.8) is 0 Å². The highest BCUT2D eigenvalue weighted by Gasteiger charge is 2.58. The van der Waals surface area contributed by atoms with Crippen LogP contribution in [-0.4, -0.2) is 28.5 Å². The predicted molar refractivity (Wildman–Crippen MR) is 104 cm³/mol. The third-order valence-corrected chi connectivity index (χ3v) is 4.90. The van der Waals surface area contributed by atoms with E-state index < -0.39 is 0 Å². The van der Waals surface area contributed by atoms with Crippen LogP contribution in [-0.2, 0) is 9.53 Å². The summed E-state index contributed by atoms with van der Waals surface area (Å²) < 4.78 is 5.36. The summed E-state index contributed by atoms with van der Waals surface area (Å²) in [5.41, 5.74) is 3.19. The second-order valence-electron chi connectivity index (χ2n) is 6.57. The molecule has 4 heteroatoms. The van der Waals surface area contributed by atoms with Gasteiger partial charge in [-0.05, 0) is 30.2 Å². The average molecular weight is 358 g/mol. The van der Waals surface area contributed by atoms with Crippen LogP contribution in [0.2, 0.25) is 0 Å². The van der Waals surface area contributed by atoms with Crippen molar-refractivity contribution < 1.29 is 9.53 Å². The molecule has 0 radical (unpaired) electrons. The third kappa shape index (κ3) is 3.49. The molecule has 1 fully saturated rings. The van der Waals surface area contributed by atoms with Crippen LogP contribution in [0, 0.1) is 0 Å². The molecular weight excluding hydrogens is 336 g/mol. The van der Waals surface area contributed by atoms with Crippen LogP contribution < -0.4 is 0 Å². The summed E-state index contributed by atoms with van der Waals surface area (Å²) in [7, 11) is 0. The Bertz CT molecular complexity index is 845. The van der Waals surface area contributed by atoms with E-state index in [1.165, 1.54) is 0 Å². The lowest BCUT2D eigenvalue weighted by atomic mass is 9.98. The largest absolute Gasteiger partial charge is 0.465 e. The minimum Gasteiger partial charge on any atom is -0.465 e. The molecule has 1 aliphatic heterocycles. The first-order chi connectivity index (χ1) is 13.3. The van der Waals surface area contributed by atoms with Gasteiger partial charge in [0.25, 0.3) is 0 Å². The number of hydrogen-bond donors (Lipinski definition) is 0. The lowest BCUT2D eigenvalue weighted by Gasteiger charge is -2.21. The van der Waals surface area contributed by atoms with Gasteiger partial charge in [-0.15, -0.1) is 0 Å². The van der Waals surface area contributed by atoms with Crippen LogP contribution in [0.4, 0.5) is 0 Å². The van der Waals surface area contributed by atoms with Gasteiger partial charge >= 0.3 is 5.97 Å². The van der Waals surface area contributed by atoms with Gasteiger partial charge in [0.1, 0.15) is 6.04 Å². The fourth-order valence-corrected chi connectivity index (χ4v) is 3.72. The third-order valence-electron chi connectivity index (χ3n) is 4.90. The number of nitrogens with zero attached hydrogens (tertiary/aromatic N) is 2. The summed E-state index contributed by atoms with van der Waals surface area (Å²) >= 11 is 0. The standard InChI is InChI=1S/C23H22N2O2/c1-2-27-23(26)22-21(19-15-9-10-16-24-19)25(22)20(17-11-5-3-6-12-17)18-13-7-4-8-14-18/h3-16,20-22H,2H2,1H3/t21-,22+,25?/m1/s1. The normalized spacial score (nSPS) is 21.0. The molecule has 4 rings (SSSR count). The van der Waals surface area contributed by atoms with E-state index in [4.69, 9.17) is 4.74 Å². The quantitative estimate of drug-likeness (QED) is 0.490. The topological polar surface area (TPSA) is 42.2 Å². The average Bonchev–Trinajstić information content (AvgIpc) is 3.46. The Hall–Kier alpha value is -2.98. The molecule has 27 heavy (non-hydrogen) atoms. The van der Waals surface area contributed by atoms with E-state index in [0.29, 0.717) is 6.61 Å². The van der Waals surface area contributed by atoms with Crippen LogP contribution in [0.1, 0.15) is 35.8 Å². The molecule has 2 aromatic carbocycles. The van der Waals surface area contributed by atoms with Crippen molar-refractivity contribution in [1.29, 1.82) is 0 Å². The van der Waals surface area contributed by atoms with Gasteiger partial charge in [-0.1, -0.05) is 66.7 Å². The molecule has 0 bridgehead atoms. The van der Waals surface area contributed by atoms with Crippen LogP contribution in [0.5, 0.6) is 0 Å². The van der Waals surface area contributed by atoms with Crippen molar-refractivity contribution in [2.45, 2.75) is 25.0 Å². The van der Waals surface area contributed by atoms with Crippen LogP contribution in [0.25, 0.3) is 0 Å². The van der Waals surface area contributed by atoms with Crippen molar-refractivity contribution in [2.75, 3.05) is 6.61 Å². The van der Waals surface area contributed by atoms with E-state index >= 15 is 0 Å². The zero-order valence-corrected chi connectivity index (χ0v) is 15.2. The Morgan fingerprint density at radius 3 is 2.07 bits per heavy atom. The summed E-state index contributed by atoms with van der Waals surface area (Å²) in [6, 6.07) is 25.9. The maximum Gasteiger partial charge on any atom is 0.325 e. The molecule has 0 amide bonds. The number of benzene rings is 2. The van der Waals surface area contributed by atoms with E-state index in [1.807, 2.05) is 61.5 Å². The molecule has 1 aromatic heterocycles. The molecule has 0 aliphatic carbocycles. The van der Waals surface area contributed by atoms with Crippen molar-refractivity contribution in [2.24, 2.45) is 0 Å². The highest BCUT2D eigenvalue weighted by Crippen LogP contribution is 2.51. The second-order valence-corrected chi connectivity index (χ2v) is 6.57. The van der Waals surface area contributed by atoms with E-state index in [9.17, 15) is 4.79 Å². The summed E-state index contributed by atoms with van der Waals surface area (Å²) in [5.74, 6) is -0.190. The van der Waals surface area contributed by atoms with Gasteiger partial charge in [0.05, 0.1) is 24.4 Å². The van der Waals surface area contributed by atoms with Crippen LogP contribution >= 0.6 is 0 Å². The van der Waals surface area contributed by atoms with E-state index in [-0.39, 0.29) is 24.1 Å². The molecule has 136 valence electrons. The van der Waals surface area contributed by atoms with Gasteiger partial charge < -0.3 is 4.74 Å². The molecule has 0 N–H and O–H groups in total. The van der Waals surface area contributed by atoms with Gasteiger partial charge in [-0.3, -0.25) is 14.7 Å². The fraction of sp³-hybridized carbons (Fsp3) is 0.217. The van der Waals surface area contributed by atoms with Gasteiger partial charge in [-0.25, -0.2) is 0 Å². The Morgan fingerprint density at radius 1 is 0.963 bits per heavy atom. The molecule has 3 aromatic rings. The maximum absolute atomic E-state index is 12.7. The zero-order chi connectivity index (χ0) is 18.6. The molecule has 0 saturated carbocycles. The molecule has 1 aliphatic rings. The minimum absolute atomic E-state index is 0.0335. The van der Waals surface area contributed by atoms with Gasteiger partial charge in [-0.2, -0.15) is 0 Å². The number of rotatable bonds is 6. The summed E-state index contributed by atoms with van der Waals surface area (Å²) in [6.07, 6.45) is 1.77. The Balaban J connectivity index is 1.76. The van der Waals surface area contributed by atoms with Gasteiger partial charge in [0, 0.05) is 6.20 Å². The maximum atomic E-state index is 12.7. The number of hydrogen-bond acceptors (Lipinski definition) is 4. The summed E-state index contributed by atoms with van der Waals surface area (Å²) in [4.78, 5) is 19.4. The molecule has 3 atom stereocenters. The van der Waals surface area contributed by atoms with Gasteiger partial charge in [0.2, 0.25) is 0 Å². The Morgan fingerprint density at radius 2 is 1.56 bits per heavy atom. The van der Waals surface area contributed by atoms with E-state index in [1.54, 1.807) is 6.20 Å². The number of aromatic nitrogens is 1. The Kier molecular flexibility index (Phi) is 4.99. The number of pyridine rings is 1. The summed E-state index contributed by atoms with van der Waals surface area (Å²) in [6.45, 7) is 2.21. The number of carbonyl (C=O) groups excluding carboxylic acids is 1. The lowest BCUT2D eigenvalue weighted by Crippen LogP contribution is -2.20. The van der Waals surface area contributed by atoms with Crippen molar-refractivity contribution in [3.8, 4) is 0 Å². The van der Waals surface area contributed by atoms with Crippen LogP contribution in [0.3, 0.4) is 0 Å². The second kappa shape index (κ2) is 7.72.